The Morgan fingerprint density at radius 2 is 1.85 bits per heavy atom. The molecule has 1 aliphatic heterocycles. The van der Waals surface area contributed by atoms with E-state index in [0.717, 1.165) is 49.9 Å². The maximum absolute atomic E-state index is 5.63. The zero-order chi connectivity index (χ0) is 19.2. The fourth-order valence-electron chi connectivity index (χ4n) is 3.39. The fourth-order valence-corrected chi connectivity index (χ4v) is 3.69. The van der Waals surface area contributed by atoms with Crippen LogP contribution in [0.15, 0.2) is 30.5 Å². The van der Waals surface area contributed by atoms with Gasteiger partial charge >= 0.3 is 0 Å². The van der Waals surface area contributed by atoms with E-state index in [9.17, 15) is 0 Å². The number of nitrogens with one attached hydrogen (secondary N) is 1. The Kier molecular flexibility index (Phi) is 6.85. The van der Waals surface area contributed by atoms with Gasteiger partial charge in [0, 0.05) is 56.7 Å². The second-order valence-corrected chi connectivity index (χ2v) is 7.76. The van der Waals surface area contributed by atoms with Crippen molar-refractivity contribution in [2.75, 3.05) is 31.5 Å². The molecular formula is C21H31N5S. The van der Waals surface area contributed by atoms with Gasteiger partial charge in [0.05, 0.1) is 6.20 Å². The van der Waals surface area contributed by atoms with Crippen molar-refractivity contribution in [1.29, 1.82) is 0 Å². The Balaban J connectivity index is 1.46. The Labute approximate surface area is 168 Å². The van der Waals surface area contributed by atoms with Crippen molar-refractivity contribution in [3.8, 4) is 0 Å². The largest absolute Gasteiger partial charge is 0.346 e. The summed E-state index contributed by atoms with van der Waals surface area (Å²) in [6.45, 7) is 9.28. The Morgan fingerprint density at radius 1 is 1.15 bits per heavy atom. The molecule has 0 spiro atoms. The number of hydrogen-bond donors (Lipinski definition) is 1. The molecule has 0 aliphatic carbocycles. The summed E-state index contributed by atoms with van der Waals surface area (Å²) in [6.07, 6.45) is 5.61. The maximum Gasteiger partial charge on any atom is 0.173 e. The van der Waals surface area contributed by atoms with Crippen molar-refractivity contribution in [3.63, 3.8) is 0 Å². The van der Waals surface area contributed by atoms with Gasteiger partial charge < -0.3 is 10.2 Å². The summed E-state index contributed by atoms with van der Waals surface area (Å²) in [5.74, 6) is 0. The molecule has 2 aromatic rings. The zero-order valence-corrected chi connectivity index (χ0v) is 17.6. The molecule has 0 unspecified atom stereocenters. The molecule has 1 aromatic carbocycles. The van der Waals surface area contributed by atoms with Crippen LogP contribution in [0.2, 0.25) is 0 Å². The molecule has 27 heavy (non-hydrogen) atoms. The molecule has 1 fully saturated rings. The molecule has 5 nitrogen and oxygen atoms in total. The van der Waals surface area contributed by atoms with Crippen LogP contribution in [-0.2, 0) is 20.0 Å². The van der Waals surface area contributed by atoms with Gasteiger partial charge in [-0.25, -0.2) is 0 Å². The lowest BCUT2D eigenvalue weighted by molar-refractivity contribution is 0.176. The number of rotatable bonds is 6. The first-order chi connectivity index (χ1) is 13.1. The van der Waals surface area contributed by atoms with Gasteiger partial charge in [0.2, 0.25) is 0 Å². The molecule has 3 rings (SSSR count). The number of thiocarbonyl (C=S) groups is 1. The minimum Gasteiger partial charge on any atom is -0.346 e. The summed E-state index contributed by atoms with van der Waals surface area (Å²) < 4.78 is 1.94. The van der Waals surface area contributed by atoms with Gasteiger partial charge in [-0.3, -0.25) is 9.58 Å². The minimum absolute atomic E-state index is 0.827. The van der Waals surface area contributed by atoms with E-state index in [0.29, 0.717) is 0 Å². The van der Waals surface area contributed by atoms with Crippen LogP contribution in [0.25, 0.3) is 0 Å². The summed E-state index contributed by atoms with van der Waals surface area (Å²) in [4.78, 5) is 4.75. The normalized spacial score (nSPS) is 15.1. The predicted molar refractivity (Wildman–Crippen MR) is 116 cm³/mol. The molecule has 0 amide bonds. The van der Waals surface area contributed by atoms with Crippen molar-refractivity contribution in [2.24, 2.45) is 7.05 Å². The van der Waals surface area contributed by atoms with Gasteiger partial charge in [0.25, 0.3) is 0 Å². The van der Waals surface area contributed by atoms with Crippen LogP contribution in [0, 0.1) is 6.92 Å². The van der Waals surface area contributed by atoms with E-state index < -0.39 is 0 Å². The van der Waals surface area contributed by atoms with Crippen LogP contribution in [-0.4, -0.2) is 50.9 Å². The van der Waals surface area contributed by atoms with Gasteiger partial charge in [-0.05, 0) is 49.7 Å². The number of benzene rings is 1. The molecule has 146 valence electrons. The van der Waals surface area contributed by atoms with E-state index in [2.05, 4.69) is 58.3 Å². The predicted octanol–water partition coefficient (Wildman–Crippen LogP) is 3.59. The summed E-state index contributed by atoms with van der Waals surface area (Å²) in [5.41, 5.74) is 5.04. The van der Waals surface area contributed by atoms with Crippen LogP contribution < -0.4 is 5.32 Å². The van der Waals surface area contributed by atoms with Crippen LogP contribution >= 0.6 is 12.2 Å². The molecule has 0 bridgehead atoms. The highest BCUT2D eigenvalue weighted by Gasteiger charge is 2.20. The minimum atomic E-state index is 0.827. The first kappa shape index (κ1) is 19.8. The number of aromatic nitrogens is 2. The average molecular weight is 386 g/mol. The third-order valence-corrected chi connectivity index (χ3v) is 5.77. The number of nitrogens with zero attached hydrogens (tertiary/aromatic N) is 4. The highest BCUT2D eigenvalue weighted by Crippen LogP contribution is 2.15. The monoisotopic (exact) mass is 385 g/mol. The van der Waals surface area contributed by atoms with E-state index in [-0.39, 0.29) is 0 Å². The molecule has 0 saturated carbocycles. The van der Waals surface area contributed by atoms with Gasteiger partial charge in [0.1, 0.15) is 0 Å². The fraction of sp³-hybridized carbons (Fsp3) is 0.524. The van der Waals surface area contributed by atoms with Gasteiger partial charge in [-0.15, -0.1) is 0 Å². The summed E-state index contributed by atoms with van der Waals surface area (Å²) in [5, 5.41) is 8.57. The maximum atomic E-state index is 5.63. The first-order valence-corrected chi connectivity index (χ1v) is 10.3. The van der Waals surface area contributed by atoms with E-state index in [4.69, 9.17) is 12.2 Å². The number of aryl methyl sites for hydroxylation is 2. The van der Waals surface area contributed by atoms with Gasteiger partial charge in [-0.2, -0.15) is 5.10 Å². The van der Waals surface area contributed by atoms with Crippen molar-refractivity contribution < 1.29 is 0 Å². The number of unbranched alkanes of at least 4 members (excludes halogenated alkanes) is 1. The Morgan fingerprint density at radius 3 is 2.44 bits per heavy atom. The lowest BCUT2D eigenvalue weighted by Crippen LogP contribution is -2.49. The molecule has 1 aromatic heterocycles. The van der Waals surface area contributed by atoms with Crippen LogP contribution in [0.5, 0.6) is 0 Å². The molecular weight excluding hydrogens is 354 g/mol. The lowest BCUT2D eigenvalue weighted by Gasteiger charge is -2.36. The van der Waals surface area contributed by atoms with E-state index in [1.165, 1.54) is 29.7 Å². The average Bonchev–Trinajstić information content (AvgIpc) is 3.00. The molecule has 1 N–H and O–H groups in total. The zero-order valence-electron chi connectivity index (χ0n) is 16.7. The second-order valence-electron chi connectivity index (χ2n) is 7.37. The standard InChI is InChI=1S/C21H31N5S/c1-4-5-6-18-7-9-20(10-8-18)23-21(27)26-13-11-25(12-14-26)16-19-15-22-24(3)17(19)2/h7-10,15H,4-6,11-14,16H2,1-3H3,(H,23,27). The third kappa shape index (κ3) is 5.30. The highest BCUT2D eigenvalue weighted by atomic mass is 32.1. The first-order valence-electron chi connectivity index (χ1n) is 9.91. The summed E-state index contributed by atoms with van der Waals surface area (Å²) >= 11 is 5.63. The van der Waals surface area contributed by atoms with E-state index in [1.807, 2.05) is 17.9 Å². The third-order valence-electron chi connectivity index (χ3n) is 5.41. The SMILES string of the molecule is CCCCc1ccc(NC(=S)N2CCN(Cc3cnn(C)c3C)CC2)cc1. The Bertz CT molecular complexity index is 744. The van der Waals surface area contributed by atoms with Crippen molar-refractivity contribution in [2.45, 2.75) is 39.7 Å². The molecule has 0 atom stereocenters. The van der Waals surface area contributed by atoms with Gasteiger partial charge in [-0.1, -0.05) is 25.5 Å². The molecule has 2 heterocycles. The van der Waals surface area contributed by atoms with Crippen molar-refractivity contribution in [3.05, 3.63) is 47.3 Å². The van der Waals surface area contributed by atoms with Crippen LogP contribution in [0.1, 0.15) is 36.6 Å². The molecule has 6 heteroatoms. The number of piperazine rings is 1. The summed E-state index contributed by atoms with van der Waals surface area (Å²) in [6, 6.07) is 8.68. The molecule has 1 aliphatic rings. The van der Waals surface area contributed by atoms with E-state index in [1.54, 1.807) is 0 Å². The summed E-state index contributed by atoms with van der Waals surface area (Å²) in [7, 11) is 2.00. The Hall–Kier alpha value is -1.92. The quantitative estimate of drug-likeness (QED) is 0.769. The van der Waals surface area contributed by atoms with Crippen molar-refractivity contribution in [1.82, 2.24) is 19.6 Å². The molecule has 0 radical (unpaired) electrons. The number of anilines is 1. The number of hydrogen-bond acceptors (Lipinski definition) is 3. The topological polar surface area (TPSA) is 36.3 Å². The molecule has 1 saturated heterocycles. The van der Waals surface area contributed by atoms with Crippen LogP contribution in [0.4, 0.5) is 5.69 Å². The lowest BCUT2D eigenvalue weighted by atomic mass is 10.1. The smallest absolute Gasteiger partial charge is 0.173 e. The second kappa shape index (κ2) is 9.33. The van der Waals surface area contributed by atoms with Gasteiger partial charge in [0.15, 0.2) is 5.11 Å². The van der Waals surface area contributed by atoms with Crippen molar-refractivity contribution >= 4 is 23.0 Å². The van der Waals surface area contributed by atoms with E-state index >= 15 is 0 Å². The van der Waals surface area contributed by atoms with Crippen LogP contribution in [0.3, 0.4) is 0 Å². The highest BCUT2D eigenvalue weighted by molar-refractivity contribution is 7.80.